The van der Waals surface area contributed by atoms with Crippen LogP contribution >= 0.6 is 0 Å². The molecule has 0 aliphatic heterocycles. The van der Waals surface area contributed by atoms with E-state index in [1.807, 2.05) is 13.1 Å². The molecule has 4 nitrogen and oxygen atoms in total. The van der Waals surface area contributed by atoms with Crippen LogP contribution in [-0.4, -0.2) is 23.6 Å². The predicted octanol–water partition coefficient (Wildman–Crippen LogP) is 2.12. The predicted molar refractivity (Wildman–Crippen MR) is 59.6 cm³/mol. The molecule has 0 aromatic carbocycles. The number of aromatic nitrogens is 2. The van der Waals surface area contributed by atoms with E-state index in [4.69, 9.17) is 0 Å². The van der Waals surface area contributed by atoms with Gasteiger partial charge in [-0.1, -0.05) is 19.8 Å². The molecule has 0 aliphatic rings. The van der Waals surface area contributed by atoms with Gasteiger partial charge in [-0.05, 0) is 6.42 Å². The molecular formula is C10H18N4. The zero-order valence-electron chi connectivity index (χ0n) is 8.88. The molecule has 0 fully saturated rings. The minimum absolute atomic E-state index is 0.845. The molecule has 0 radical (unpaired) electrons. The fourth-order valence-electron chi connectivity index (χ4n) is 1.18. The molecule has 1 aromatic heterocycles. The normalized spacial score (nSPS) is 9.86. The molecule has 1 rings (SSSR count). The Balaban J connectivity index is 2.34. The molecule has 0 bridgehead atoms. The fourth-order valence-corrected chi connectivity index (χ4v) is 1.18. The van der Waals surface area contributed by atoms with Crippen LogP contribution in [0.2, 0.25) is 0 Å². The van der Waals surface area contributed by atoms with Gasteiger partial charge in [0.25, 0.3) is 0 Å². The van der Waals surface area contributed by atoms with Crippen LogP contribution in [0.1, 0.15) is 26.2 Å². The summed E-state index contributed by atoms with van der Waals surface area (Å²) >= 11 is 0. The molecule has 0 spiro atoms. The van der Waals surface area contributed by atoms with E-state index in [1.165, 1.54) is 19.3 Å². The van der Waals surface area contributed by atoms with E-state index in [0.29, 0.717) is 0 Å². The maximum absolute atomic E-state index is 4.12. The first kappa shape index (κ1) is 10.8. The second-order valence-corrected chi connectivity index (χ2v) is 3.17. The van der Waals surface area contributed by atoms with E-state index < -0.39 is 0 Å². The lowest BCUT2D eigenvalue weighted by Crippen LogP contribution is -2.04. The highest BCUT2D eigenvalue weighted by atomic mass is 15.0. The highest BCUT2D eigenvalue weighted by Crippen LogP contribution is 2.07. The van der Waals surface area contributed by atoms with E-state index in [0.717, 1.165) is 18.2 Å². The van der Waals surface area contributed by atoms with Gasteiger partial charge < -0.3 is 10.6 Å². The molecular weight excluding hydrogens is 176 g/mol. The number of hydrogen-bond acceptors (Lipinski definition) is 4. The number of anilines is 2. The maximum atomic E-state index is 4.12. The van der Waals surface area contributed by atoms with Gasteiger partial charge in [-0.15, -0.1) is 0 Å². The van der Waals surface area contributed by atoms with Crippen molar-refractivity contribution in [3.05, 3.63) is 12.4 Å². The third kappa shape index (κ3) is 3.60. The van der Waals surface area contributed by atoms with Crippen LogP contribution in [0.4, 0.5) is 11.6 Å². The molecule has 4 heteroatoms. The summed E-state index contributed by atoms with van der Waals surface area (Å²) < 4.78 is 0. The van der Waals surface area contributed by atoms with Crippen LogP contribution in [0.3, 0.4) is 0 Å². The molecule has 0 saturated heterocycles. The van der Waals surface area contributed by atoms with Crippen LogP contribution in [0.15, 0.2) is 12.4 Å². The Morgan fingerprint density at radius 3 is 2.71 bits per heavy atom. The quantitative estimate of drug-likeness (QED) is 0.681. The molecule has 14 heavy (non-hydrogen) atoms. The fraction of sp³-hybridized carbons (Fsp3) is 0.600. The van der Waals surface area contributed by atoms with Gasteiger partial charge in [0.15, 0.2) is 0 Å². The molecule has 1 aromatic rings. The summed E-state index contributed by atoms with van der Waals surface area (Å²) in [7, 11) is 1.85. The Labute approximate surface area is 85.2 Å². The van der Waals surface area contributed by atoms with E-state index in [-0.39, 0.29) is 0 Å². The third-order valence-electron chi connectivity index (χ3n) is 2.01. The highest BCUT2D eigenvalue weighted by Gasteiger charge is 1.95. The van der Waals surface area contributed by atoms with Gasteiger partial charge in [0.05, 0.1) is 0 Å². The molecule has 0 aliphatic carbocycles. The van der Waals surface area contributed by atoms with Gasteiger partial charge in [0.2, 0.25) is 0 Å². The first-order chi connectivity index (χ1) is 6.86. The van der Waals surface area contributed by atoms with Gasteiger partial charge in [-0.25, -0.2) is 9.97 Å². The second-order valence-electron chi connectivity index (χ2n) is 3.17. The Morgan fingerprint density at radius 1 is 1.21 bits per heavy atom. The third-order valence-corrected chi connectivity index (χ3v) is 2.01. The maximum Gasteiger partial charge on any atom is 0.131 e. The first-order valence-electron chi connectivity index (χ1n) is 5.10. The van der Waals surface area contributed by atoms with Crippen molar-refractivity contribution in [2.75, 3.05) is 24.2 Å². The number of nitrogens with one attached hydrogen (secondary N) is 2. The number of rotatable bonds is 6. The lowest BCUT2D eigenvalue weighted by molar-refractivity contribution is 0.742. The topological polar surface area (TPSA) is 49.8 Å². The van der Waals surface area contributed by atoms with Crippen LogP contribution in [0.5, 0.6) is 0 Å². The van der Waals surface area contributed by atoms with Crippen molar-refractivity contribution in [3.8, 4) is 0 Å². The zero-order valence-corrected chi connectivity index (χ0v) is 8.88. The summed E-state index contributed by atoms with van der Waals surface area (Å²) in [6.45, 7) is 3.18. The van der Waals surface area contributed by atoms with Gasteiger partial charge in [0, 0.05) is 19.7 Å². The minimum Gasteiger partial charge on any atom is -0.373 e. The van der Waals surface area contributed by atoms with Crippen molar-refractivity contribution >= 4 is 11.6 Å². The first-order valence-corrected chi connectivity index (χ1v) is 5.10. The summed E-state index contributed by atoms with van der Waals surface area (Å²) in [4.78, 5) is 8.16. The van der Waals surface area contributed by atoms with Crippen molar-refractivity contribution in [3.63, 3.8) is 0 Å². The summed E-state index contributed by atoms with van der Waals surface area (Å²) in [5.74, 6) is 1.73. The van der Waals surface area contributed by atoms with Crippen molar-refractivity contribution in [1.29, 1.82) is 0 Å². The van der Waals surface area contributed by atoms with Crippen LogP contribution in [-0.2, 0) is 0 Å². The summed E-state index contributed by atoms with van der Waals surface area (Å²) in [5.41, 5.74) is 0. The molecule has 2 N–H and O–H groups in total. The number of hydrogen-bond donors (Lipinski definition) is 2. The Kier molecular flexibility index (Phi) is 4.75. The summed E-state index contributed by atoms with van der Waals surface area (Å²) in [6, 6.07) is 1.91. The standard InChI is InChI=1S/C10H18N4/c1-3-4-5-6-12-10-7-9(11-2)13-8-14-10/h7-8H,3-6H2,1-2H3,(H2,11,12,13,14). The van der Waals surface area contributed by atoms with E-state index in [1.54, 1.807) is 6.33 Å². The van der Waals surface area contributed by atoms with E-state index in [2.05, 4.69) is 27.5 Å². The number of nitrogens with zero attached hydrogens (tertiary/aromatic N) is 2. The van der Waals surface area contributed by atoms with Gasteiger partial charge in [0.1, 0.15) is 18.0 Å². The van der Waals surface area contributed by atoms with E-state index in [9.17, 15) is 0 Å². The van der Waals surface area contributed by atoms with Crippen LogP contribution in [0, 0.1) is 0 Å². The van der Waals surface area contributed by atoms with Crippen molar-refractivity contribution in [1.82, 2.24) is 9.97 Å². The molecule has 1 heterocycles. The molecule has 0 atom stereocenters. The largest absolute Gasteiger partial charge is 0.373 e. The second kappa shape index (κ2) is 6.18. The Morgan fingerprint density at radius 2 is 2.00 bits per heavy atom. The zero-order chi connectivity index (χ0) is 10.2. The van der Waals surface area contributed by atoms with Crippen LogP contribution in [0.25, 0.3) is 0 Å². The summed E-state index contributed by atoms with van der Waals surface area (Å²) in [5, 5.41) is 6.24. The Hall–Kier alpha value is -1.32. The monoisotopic (exact) mass is 194 g/mol. The number of unbranched alkanes of at least 4 members (excludes halogenated alkanes) is 2. The molecule has 78 valence electrons. The van der Waals surface area contributed by atoms with Crippen molar-refractivity contribution in [2.45, 2.75) is 26.2 Å². The smallest absolute Gasteiger partial charge is 0.131 e. The van der Waals surface area contributed by atoms with Crippen molar-refractivity contribution in [2.24, 2.45) is 0 Å². The lowest BCUT2D eigenvalue weighted by atomic mass is 10.2. The highest BCUT2D eigenvalue weighted by molar-refractivity contribution is 5.45. The van der Waals surface area contributed by atoms with Gasteiger partial charge in [-0.3, -0.25) is 0 Å². The van der Waals surface area contributed by atoms with Crippen molar-refractivity contribution < 1.29 is 0 Å². The average Bonchev–Trinajstić information content (AvgIpc) is 2.25. The lowest BCUT2D eigenvalue weighted by Gasteiger charge is -2.05. The molecule has 0 unspecified atom stereocenters. The summed E-state index contributed by atoms with van der Waals surface area (Å²) in [6.07, 6.45) is 5.26. The minimum atomic E-state index is 0.845. The van der Waals surface area contributed by atoms with Gasteiger partial charge >= 0.3 is 0 Å². The SMILES string of the molecule is CCCCCNc1cc(NC)ncn1. The van der Waals surface area contributed by atoms with Gasteiger partial charge in [-0.2, -0.15) is 0 Å². The molecule has 0 amide bonds. The molecule has 0 saturated carbocycles. The van der Waals surface area contributed by atoms with E-state index >= 15 is 0 Å². The average molecular weight is 194 g/mol. The van der Waals surface area contributed by atoms with Crippen LogP contribution < -0.4 is 10.6 Å². The Bertz CT molecular complexity index is 262.